The molecule has 1 aromatic heterocycles. The molecule has 1 aromatic rings. The molecule has 3 heteroatoms. The molecule has 1 heterocycles. The highest BCUT2D eigenvalue weighted by molar-refractivity contribution is 5.16. The van der Waals surface area contributed by atoms with Crippen LogP contribution in [0.15, 0.2) is 18.2 Å². The van der Waals surface area contributed by atoms with Gasteiger partial charge in [-0.05, 0) is 31.7 Å². The van der Waals surface area contributed by atoms with Crippen LogP contribution < -0.4 is 10.1 Å². The molecular formula is C14H22N2O. The summed E-state index contributed by atoms with van der Waals surface area (Å²) in [6.07, 6.45) is 5.32. The SMILES string of the molecule is CC(C)NCc1cccc(OC2CCCC2)n1. The average Bonchev–Trinajstić information content (AvgIpc) is 2.80. The lowest BCUT2D eigenvalue weighted by Crippen LogP contribution is -2.22. The second-order valence-corrected chi connectivity index (χ2v) is 5.03. The van der Waals surface area contributed by atoms with Crippen molar-refractivity contribution in [2.75, 3.05) is 0 Å². The molecule has 0 saturated heterocycles. The maximum atomic E-state index is 5.88. The molecule has 1 fully saturated rings. The molecule has 17 heavy (non-hydrogen) atoms. The predicted octanol–water partition coefficient (Wildman–Crippen LogP) is 2.90. The summed E-state index contributed by atoms with van der Waals surface area (Å²) < 4.78 is 5.88. The van der Waals surface area contributed by atoms with Crippen LogP contribution in [0, 0.1) is 0 Å². The quantitative estimate of drug-likeness (QED) is 0.850. The van der Waals surface area contributed by atoms with E-state index in [0.717, 1.165) is 18.1 Å². The highest BCUT2D eigenvalue weighted by atomic mass is 16.5. The topological polar surface area (TPSA) is 34.1 Å². The van der Waals surface area contributed by atoms with Crippen LogP contribution in [0.25, 0.3) is 0 Å². The van der Waals surface area contributed by atoms with Gasteiger partial charge < -0.3 is 10.1 Å². The van der Waals surface area contributed by atoms with Gasteiger partial charge in [0.25, 0.3) is 0 Å². The highest BCUT2D eigenvalue weighted by Crippen LogP contribution is 2.22. The van der Waals surface area contributed by atoms with Gasteiger partial charge in [-0.25, -0.2) is 4.98 Å². The number of pyridine rings is 1. The van der Waals surface area contributed by atoms with E-state index in [4.69, 9.17) is 4.74 Å². The molecule has 2 rings (SSSR count). The van der Waals surface area contributed by atoms with E-state index in [2.05, 4.69) is 24.1 Å². The van der Waals surface area contributed by atoms with E-state index >= 15 is 0 Å². The van der Waals surface area contributed by atoms with E-state index in [1.807, 2.05) is 18.2 Å². The molecule has 3 nitrogen and oxygen atoms in total. The summed E-state index contributed by atoms with van der Waals surface area (Å²) in [5, 5.41) is 3.36. The summed E-state index contributed by atoms with van der Waals surface area (Å²) >= 11 is 0. The van der Waals surface area contributed by atoms with Gasteiger partial charge in [0.2, 0.25) is 5.88 Å². The average molecular weight is 234 g/mol. The van der Waals surface area contributed by atoms with Gasteiger partial charge in [0, 0.05) is 18.7 Å². The third-order valence-corrected chi connectivity index (χ3v) is 3.06. The summed E-state index contributed by atoms with van der Waals surface area (Å²) in [5.74, 6) is 0.778. The van der Waals surface area contributed by atoms with E-state index in [0.29, 0.717) is 12.1 Å². The van der Waals surface area contributed by atoms with Crippen LogP contribution in [-0.2, 0) is 6.54 Å². The molecular weight excluding hydrogens is 212 g/mol. The van der Waals surface area contributed by atoms with Crippen molar-refractivity contribution < 1.29 is 4.74 Å². The Bertz CT molecular complexity index is 346. The van der Waals surface area contributed by atoms with Crippen LogP contribution in [0.2, 0.25) is 0 Å². The van der Waals surface area contributed by atoms with E-state index in [-0.39, 0.29) is 0 Å². The van der Waals surface area contributed by atoms with Gasteiger partial charge in [0.05, 0.1) is 5.69 Å². The second-order valence-electron chi connectivity index (χ2n) is 5.03. The number of ether oxygens (including phenoxy) is 1. The summed E-state index contributed by atoms with van der Waals surface area (Å²) in [6, 6.07) is 6.50. The van der Waals surface area contributed by atoms with Crippen molar-refractivity contribution >= 4 is 0 Å². The lowest BCUT2D eigenvalue weighted by Gasteiger charge is -2.13. The Morgan fingerprint density at radius 3 is 2.82 bits per heavy atom. The summed E-state index contributed by atoms with van der Waals surface area (Å²) in [5.41, 5.74) is 1.05. The van der Waals surface area contributed by atoms with Crippen molar-refractivity contribution in [2.24, 2.45) is 0 Å². The van der Waals surface area contributed by atoms with Gasteiger partial charge in [0.15, 0.2) is 0 Å². The minimum atomic E-state index is 0.385. The minimum absolute atomic E-state index is 0.385. The number of aromatic nitrogens is 1. The summed E-state index contributed by atoms with van der Waals surface area (Å²) in [4.78, 5) is 4.52. The zero-order chi connectivity index (χ0) is 12.1. The number of rotatable bonds is 5. The summed E-state index contributed by atoms with van der Waals surface area (Å²) in [7, 11) is 0. The van der Waals surface area contributed by atoms with Gasteiger partial charge in [-0.3, -0.25) is 0 Å². The van der Waals surface area contributed by atoms with Gasteiger partial charge in [-0.15, -0.1) is 0 Å². The number of hydrogen-bond donors (Lipinski definition) is 1. The molecule has 1 N–H and O–H groups in total. The van der Waals surface area contributed by atoms with E-state index in [1.165, 1.54) is 25.7 Å². The summed E-state index contributed by atoms with van der Waals surface area (Å²) in [6.45, 7) is 5.08. The molecule has 0 spiro atoms. The van der Waals surface area contributed by atoms with Gasteiger partial charge in [0.1, 0.15) is 6.10 Å². The lowest BCUT2D eigenvalue weighted by atomic mass is 10.3. The zero-order valence-corrected chi connectivity index (χ0v) is 10.8. The zero-order valence-electron chi connectivity index (χ0n) is 10.8. The van der Waals surface area contributed by atoms with Crippen LogP contribution >= 0.6 is 0 Å². The Hall–Kier alpha value is -1.09. The van der Waals surface area contributed by atoms with Gasteiger partial charge in [-0.1, -0.05) is 19.9 Å². The fourth-order valence-corrected chi connectivity index (χ4v) is 2.11. The molecule has 0 aromatic carbocycles. The first-order valence-electron chi connectivity index (χ1n) is 6.60. The van der Waals surface area contributed by atoms with Crippen LogP contribution in [-0.4, -0.2) is 17.1 Å². The van der Waals surface area contributed by atoms with Gasteiger partial charge >= 0.3 is 0 Å². The molecule has 0 radical (unpaired) electrons. The van der Waals surface area contributed by atoms with E-state index < -0.39 is 0 Å². The lowest BCUT2D eigenvalue weighted by molar-refractivity contribution is 0.201. The minimum Gasteiger partial charge on any atom is -0.474 e. The number of nitrogens with one attached hydrogen (secondary N) is 1. The monoisotopic (exact) mass is 234 g/mol. The number of hydrogen-bond acceptors (Lipinski definition) is 3. The van der Waals surface area contributed by atoms with Crippen LogP contribution in [0.4, 0.5) is 0 Å². The third kappa shape index (κ3) is 4.00. The van der Waals surface area contributed by atoms with Crippen molar-refractivity contribution in [1.82, 2.24) is 10.3 Å². The second kappa shape index (κ2) is 6.01. The van der Waals surface area contributed by atoms with Crippen molar-refractivity contribution in [1.29, 1.82) is 0 Å². The molecule has 94 valence electrons. The molecule has 1 saturated carbocycles. The van der Waals surface area contributed by atoms with Crippen molar-refractivity contribution in [2.45, 2.75) is 58.2 Å². The van der Waals surface area contributed by atoms with Crippen LogP contribution in [0.5, 0.6) is 5.88 Å². The molecule has 0 aliphatic heterocycles. The van der Waals surface area contributed by atoms with Crippen LogP contribution in [0.1, 0.15) is 45.2 Å². The smallest absolute Gasteiger partial charge is 0.213 e. The van der Waals surface area contributed by atoms with Crippen molar-refractivity contribution in [3.05, 3.63) is 23.9 Å². The molecule has 0 amide bonds. The Kier molecular flexibility index (Phi) is 4.37. The molecule has 1 aliphatic carbocycles. The fourth-order valence-electron chi connectivity index (χ4n) is 2.11. The molecule has 0 bridgehead atoms. The first-order valence-corrected chi connectivity index (χ1v) is 6.60. The van der Waals surface area contributed by atoms with Crippen LogP contribution in [0.3, 0.4) is 0 Å². The normalized spacial score (nSPS) is 16.6. The standard InChI is InChI=1S/C14H22N2O/c1-11(2)15-10-12-6-5-9-14(16-12)17-13-7-3-4-8-13/h5-6,9,11,13,15H,3-4,7-8,10H2,1-2H3. The number of nitrogens with zero attached hydrogens (tertiary/aromatic N) is 1. The third-order valence-electron chi connectivity index (χ3n) is 3.06. The highest BCUT2D eigenvalue weighted by Gasteiger charge is 2.16. The van der Waals surface area contributed by atoms with Crippen molar-refractivity contribution in [3.8, 4) is 5.88 Å². The Balaban J connectivity index is 1.91. The first kappa shape index (κ1) is 12.4. The Morgan fingerprint density at radius 2 is 2.12 bits per heavy atom. The predicted molar refractivity (Wildman–Crippen MR) is 69.1 cm³/mol. The Morgan fingerprint density at radius 1 is 1.35 bits per heavy atom. The van der Waals surface area contributed by atoms with E-state index in [9.17, 15) is 0 Å². The van der Waals surface area contributed by atoms with Crippen molar-refractivity contribution in [3.63, 3.8) is 0 Å². The molecule has 0 atom stereocenters. The van der Waals surface area contributed by atoms with E-state index in [1.54, 1.807) is 0 Å². The maximum Gasteiger partial charge on any atom is 0.213 e. The maximum absolute atomic E-state index is 5.88. The molecule has 0 unspecified atom stereocenters. The molecule has 1 aliphatic rings. The first-order chi connectivity index (χ1) is 8.24. The largest absolute Gasteiger partial charge is 0.474 e. The Labute approximate surface area is 104 Å². The van der Waals surface area contributed by atoms with Gasteiger partial charge in [-0.2, -0.15) is 0 Å². The fraction of sp³-hybridized carbons (Fsp3) is 0.643.